The predicted molar refractivity (Wildman–Crippen MR) is 56.2 cm³/mol. The molecule has 1 heterocycles. The van der Waals surface area contributed by atoms with Crippen LogP contribution in [0.3, 0.4) is 0 Å². The third-order valence-corrected chi connectivity index (χ3v) is 3.56. The fourth-order valence-corrected chi connectivity index (χ4v) is 2.67. The highest BCUT2D eigenvalue weighted by atomic mass is 35.5. The van der Waals surface area contributed by atoms with E-state index in [0.717, 1.165) is 12.6 Å². The maximum atomic E-state index is 5.74. The molecule has 1 saturated carbocycles. The van der Waals surface area contributed by atoms with Crippen LogP contribution in [0.25, 0.3) is 0 Å². The lowest BCUT2D eigenvalue weighted by Crippen LogP contribution is -2.24. The van der Waals surface area contributed by atoms with Crippen LogP contribution in [0.15, 0.2) is 6.20 Å². The first-order valence-electron chi connectivity index (χ1n) is 4.68. The van der Waals surface area contributed by atoms with Crippen LogP contribution in [0.4, 0.5) is 0 Å². The number of thiazole rings is 1. The minimum Gasteiger partial charge on any atom is -0.309 e. The highest BCUT2D eigenvalue weighted by molar-refractivity contribution is 7.15. The first kappa shape index (κ1) is 9.44. The predicted octanol–water partition coefficient (Wildman–Crippen LogP) is 2.83. The van der Waals surface area contributed by atoms with Crippen LogP contribution < -0.4 is 5.32 Å². The van der Waals surface area contributed by atoms with Crippen molar-refractivity contribution < 1.29 is 0 Å². The van der Waals surface area contributed by atoms with E-state index in [9.17, 15) is 0 Å². The minimum absolute atomic E-state index is 0.642. The van der Waals surface area contributed by atoms with Crippen LogP contribution in [0.2, 0.25) is 4.47 Å². The molecular weight excluding hydrogens is 204 g/mol. The number of aromatic nitrogens is 1. The third kappa shape index (κ3) is 2.66. The monoisotopic (exact) mass is 216 g/mol. The smallest absolute Gasteiger partial charge is 0.183 e. The molecule has 0 aromatic carbocycles. The molecule has 2 nitrogen and oxygen atoms in total. The second-order valence-electron chi connectivity index (χ2n) is 3.44. The van der Waals surface area contributed by atoms with Crippen LogP contribution in [0, 0.1) is 0 Å². The highest BCUT2D eigenvalue weighted by Gasteiger charge is 2.14. The molecule has 4 heteroatoms. The fourth-order valence-electron chi connectivity index (χ4n) is 1.74. The molecule has 0 bridgehead atoms. The molecule has 2 rings (SSSR count). The summed E-state index contributed by atoms with van der Waals surface area (Å²) in [5.74, 6) is 0. The van der Waals surface area contributed by atoms with Gasteiger partial charge in [-0.25, -0.2) is 4.98 Å². The van der Waals surface area contributed by atoms with Crippen LogP contribution >= 0.6 is 22.9 Å². The lowest BCUT2D eigenvalue weighted by molar-refractivity contribution is 0.527. The molecule has 13 heavy (non-hydrogen) atoms. The van der Waals surface area contributed by atoms with Gasteiger partial charge in [0.2, 0.25) is 0 Å². The van der Waals surface area contributed by atoms with Crippen molar-refractivity contribution in [2.24, 2.45) is 0 Å². The Balaban J connectivity index is 1.78. The molecule has 0 saturated heterocycles. The normalized spacial score (nSPS) is 18.2. The first-order valence-corrected chi connectivity index (χ1v) is 5.87. The lowest BCUT2D eigenvalue weighted by Gasteiger charge is -2.09. The number of rotatable bonds is 3. The standard InChI is InChI=1S/C9H13ClN2S/c10-9-12-6-8(13-9)5-11-7-3-1-2-4-7/h6-7,11H,1-5H2. The van der Waals surface area contributed by atoms with Crippen LogP contribution in [0.5, 0.6) is 0 Å². The summed E-state index contributed by atoms with van der Waals surface area (Å²) < 4.78 is 0.642. The Kier molecular flexibility index (Phi) is 3.19. The van der Waals surface area contributed by atoms with Gasteiger partial charge in [0, 0.05) is 23.7 Å². The van der Waals surface area contributed by atoms with Gasteiger partial charge < -0.3 is 5.32 Å². The fraction of sp³-hybridized carbons (Fsp3) is 0.667. The first-order chi connectivity index (χ1) is 6.34. The quantitative estimate of drug-likeness (QED) is 0.841. The maximum Gasteiger partial charge on any atom is 0.183 e. The van der Waals surface area contributed by atoms with E-state index in [0.29, 0.717) is 4.47 Å². The van der Waals surface area contributed by atoms with E-state index < -0.39 is 0 Å². The Hall–Kier alpha value is -0.120. The summed E-state index contributed by atoms with van der Waals surface area (Å²) in [5, 5.41) is 3.52. The van der Waals surface area contributed by atoms with Gasteiger partial charge in [0.1, 0.15) is 0 Å². The van der Waals surface area contributed by atoms with E-state index in [-0.39, 0.29) is 0 Å². The summed E-state index contributed by atoms with van der Waals surface area (Å²) in [4.78, 5) is 5.24. The van der Waals surface area contributed by atoms with E-state index >= 15 is 0 Å². The number of hydrogen-bond donors (Lipinski definition) is 1. The van der Waals surface area contributed by atoms with E-state index in [1.54, 1.807) is 11.3 Å². The molecule has 1 aliphatic carbocycles. The molecule has 0 aliphatic heterocycles. The van der Waals surface area contributed by atoms with Crippen molar-refractivity contribution in [1.82, 2.24) is 10.3 Å². The van der Waals surface area contributed by atoms with Crippen molar-refractivity contribution in [3.8, 4) is 0 Å². The van der Waals surface area contributed by atoms with Gasteiger partial charge in [0.05, 0.1) is 0 Å². The summed E-state index contributed by atoms with van der Waals surface area (Å²) >= 11 is 7.30. The topological polar surface area (TPSA) is 24.9 Å². The number of nitrogens with one attached hydrogen (secondary N) is 1. The molecule has 0 amide bonds. The van der Waals surface area contributed by atoms with Gasteiger partial charge in [0.15, 0.2) is 4.47 Å². The molecule has 1 N–H and O–H groups in total. The van der Waals surface area contributed by atoms with E-state index in [1.165, 1.54) is 30.6 Å². The summed E-state index contributed by atoms with van der Waals surface area (Å²) in [7, 11) is 0. The zero-order valence-corrected chi connectivity index (χ0v) is 9.00. The number of nitrogens with zero attached hydrogens (tertiary/aromatic N) is 1. The van der Waals surface area contributed by atoms with Gasteiger partial charge in [-0.05, 0) is 12.8 Å². The summed E-state index contributed by atoms with van der Waals surface area (Å²) in [6.07, 6.45) is 7.26. The van der Waals surface area contributed by atoms with Crippen LogP contribution in [-0.2, 0) is 6.54 Å². The molecule has 0 atom stereocenters. The lowest BCUT2D eigenvalue weighted by atomic mass is 10.2. The van der Waals surface area contributed by atoms with Crippen LogP contribution in [-0.4, -0.2) is 11.0 Å². The molecule has 0 radical (unpaired) electrons. The molecule has 1 fully saturated rings. The number of hydrogen-bond acceptors (Lipinski definition) is 3. The SMILES string of the molecule is Clc1ncc(CNC2CCCC2)s1. The van der Waals surface area contributed by atoms with Gasteiger partial charge in [-0.1, -0.05) is 24.4 Å². The average Bonchev–Trinajstić information content (AvgIpc) is 2.71. The molecule has 1 aromatic heterocycles. The Morgan fingerprint density at radius 2 is 2.31 bits per heavy atom. The van der Waals surface area contributed by atoms with Gasteiger partial charge in [0.25, 0.3) is 0 Å². The van der Waals surface area contributed by atoms with Crippen molar-refractivity contribution in [1.29, 1.82) is 0 Å². The molecule has 1 aromatic rings. The molecule has 0 unspecified atom stereocenters. The Labute approximate surface area is 87.3 Å². The van der Waals surface area contributed by atoms with E-state index in [1.807, 2.05) is 6.20 Å². The van der Waals surface area contributed by atoms with Crippen molar-refractivity contribution in [2.75, 3.05) is 0 Å². The molecular formula is C9H13ClN2S. The Bertz CT molecular complexity index is 268. The Morgan fingerprint density at radius 3 is 2.92 bits per heavy atom. The van der Waals surface area contributed by atoms with Gasteiger partial charge >= 0.3 is 0 Å². The van der Waals surface area contributed by atoms with E-state index in [4.69, 9.17) is 11.6 Å². The van der Waals surface area contributed by atoms with Crippen molar-refractivity contribution in [2.45, 2.75) is 38.3 Å². The van der Waals surface area contributed by atoms with Gasteiger partial charge in [-0.15, -0.1) is 11.3 Å². The van der Waals surface area contributed by atoms with Gasteiger partial charge in [-0.2, -0.15) is 0 Å². The van der Waals surface area contributed by atoms with Crippen molar-refractivity contribution >= 4 is 22.9 Å². The second kappa shape index (κ2) is 4.40. The zero-order valence-electron chi connectivity index (χ0n) is 7.42. The van der Waals surface area contributed by atoms with Crippen LogP contribution in [0.1, 0.15) is 30.6 Å². The molecule has 72 valence electrons. The largest absolute Gasteiger partial charge is 0.309 e. The summed E-state index contributed by atoms with van der Waals surface area (Å²) in [6.45, 7) is 0.926. The summed E-state index contributed by atoms with van der Waals surface area (Å²) in [5.41, 5.74) is 0. The number of halogens is 1. The van der Waals surface area contributed by atoms with Crippen molar-refractivity contribution in [3.63, 3.8) is 0 Å². The van der Waals surface area contributed by atoms with E-state index in [2.05, 4.69) is 10.3 Å². The maximum absolute atomic E-state index is 5.74. The molecule has 1 aliphatic rings. The Morgan fingerprint density at radius 1 is 1.54 bits per heavy atom. The van der Waals surface area contributed by atoms with Crippen molar-refractivity contribution in [3.05, 3.63) is 15.5 Å². The second-order valence-corrected chi connectivity index (χ2v) is 5.14. The van der Waals surface area contributed by atoms with Gasteiger partial charge in [-0.3, -0.25) is 0 Å². The third-order valence-electron chi connectivity index (χ3n) is 2.45. The summed E-state index contributed by atoms with van der Waals surface area (Å²) in [6, 6.07) is 0.723. The zero-order chi connectivity index (χ0) is 9.10. The molecule has 0 spiro atoms. The minimum atomic E-state index is 0.642. The highest BCUT2D eigenvalue weighted by Crippen LogP contribution is 2.20. The average molecular weight is 217 g/mol.